The molecule has 0 aromatic heterocycles. The van der Waals surface area contributed by atoms with Crippen molar-refractivity contribution in [3.8, 4) is 0 Å². The second-order valence-corrected chi connectivity index (χ2v) is 5.48. The molecule has 2 heteroatoms. The fourth-order valence-electron chi connectivity index (χ4n) is 3.37. The topological polar surface area (TPSA) is 29.3 Å². The highest BCUT2D eigenvalue weighted by Gasteiger charge is 2.30. The van der Waals surface area contributed by atoms with Crippen LogP contribution in [-0.2, 0) is 0 Å². The van der Waals surface area contributed by atoms with Crippen molar-refractivity contribution in [1.82, 2.24) is 4.90 Å². The van der Waals surface area contributed by atoms with Gasteiger partial charge in [-0.05, 0) is 57.0 Å². The maximum absolute atomic E-state index is 5.79. The Labute approximate surface area is 94.2 Å². The Morgan fingerprint density at radius 3 is 2.73 bits per heavy atom. The number of hydrogen-bond donors (Lipinski definition) is 1. The summed E-state index contributed by atoms with van der Waals surface area (Å²) in [5, 5.41) is 0. The van der Waals surface area contributed by atoms with Gasteiger partial charge in [0, 0.05) is 12.6 Å². The molecule has 1 saturated carbocycles. The van der Waals surface area contributed by atoms with E-state index in [4.69, 9.17) is 5.73 Å². The van der Waals surface area contributed by atoms with Gasteiger partial charge in [0.15, 0.2) is 0 Å². The highest BCUT2D eigenvalue weighted by atomic mass is 15.2. The van der Waals surface area contributed by atoms with E-state index >= 15 is 0 Å². The molecule has 0 aromatic rings. The summed E-state index contributed by atoms with van der Waals surface area (Å²) in [6, 6.07) is 0.893. The van der Waals surface area contributed by atoms with Crippen LogP contribution in [0.5, 0.6) is 0 Å². The first-order chi connectivity index (χ1) is 7.33. The minimum atomic E-state index is 0.777. The van der Waals surface area contributed by atoms with Gasteiger partial charge >= 0.3 is 0 Å². The highest BCUT2D eigenvalue weighted by Crippen LogP contribution is 2.33. The average molecular weight is 210 g/mol. The van der Waals surface area contributed by atoms with Crippen molar-refractivity contribution in [2.24, 2.45) is 17.6 Å². The summed E-state index contributed by atoms with van der Waals surface area (Å²) in [7, 11) is 0. The summed E-state index contributed by atoms with van der Waals surface area (Å²) >= 11 is 0. The molecule has 3 atom stereocenters. The lowest BCUT2D eigenvalue weighted by molar-refractivity contribution is 0.125. The Kier molecular flexibility index (Phi) is 4.04. The predicted octanol–water partition coefficient (Wildman–Crippen LogP) is 2.24. The zero-order chi connectivity index (χ0) is 10.7. The molecular formula is C13H26N2. The third-order valence-corrected chi connectivity index (χ3v) is 4.49. The van der Waals surface area contributed by atoms with E-state index < -0.39 is 0 Å². The third-order valence-electron chi connectivity index (χ3n) is 4.49. The van der Waals surface area contributed by atoms with E-state index in [0.717, 1.165) is 24.4 Å². The minimum Gasteiger partial charge on any atom is -0.330 e. The van der Waals surface area contributed by atoms with E-state index in [2.05, 4.69) is 11.8 Å². The van der Waals surface area contributed by atoms with Gasteiger partial charge in [-0.25, -0.2) is 0 Å². The van der Waals surface area contributed by atoms with Crippen molar-refractivity contribution in [3.63, 3.8) is 0 Å². The van der Waals surface area contributed by atoms with Gasteiger partial charge in [0.05, 0.1) is 0 Å². The summed E-state index contributed by atoms with van der Waals surface area (Å²) in [5.74, 6) is 1.78. The van der Waals surface area contributed by atoms with Gasteiger partial charge in [-0.3, -0.25) is 0 Å². The molecule has 0 aromatic carbocycles. The number of nitrogens with zero attached hydrogens (tertiary/aromatic N) is 1. The molecule has 2 nitrogen and oxygen atoms in total. The molecule has 0 bridgehead atoms. The van der Waals surface area contributed by atoms with E-state index in [1.165, 1.54) is 51.6 Å². The Morgan fingerprint density at radius 1 is 1.20 bits per heavy atom. The van der Waals surface area contributed by atoms with Gasteiger partial charge < -0.3 is 10.6 Å². The number of hydrogen-bond acceptors (Lipinski definition) is 2. The van der Waals surface area contributed by atoms with Crippen LogP contribution in [0.3, 0.4) is 0 Å². The van der Waals surface area contributed by atoms with Gasteiger partial charge in [0.1, 0.15) is 0 Å². The van der Waals surface area contributed by atoms with Crippen molar-refractivity contribution < 1.29 is 0 Å². The second-order valence-electron chi connectivity index (χ2n) is 5.48. The van der Waals surface area contributed by atoms with E-state index in [0.29, 0.717) is 0 Å². The fraction of sp³-hybridized carbons (Fsp3) is 1.00. The van der Waals surface area contributed by atoms with E-state index in [9.17, 15) is 0 Å². The number of rotatable bonds is 3. The van der Waals surface area contributed by atoms with Crippen LogP contribution in [0.25, 0.3) is 0 Å². The number of nitrogens with two attached hydrogens (primary N) is 1. The molecule has 1 heterocycles. The smallest absolute Gasteiger partial charge is 0.00981 e. The van der Waals surface area contributed by atoms with Crippen LogP contribution in [0.15, 0.2) is 0 Å². The quantitative estimate of drug-likeness (QED) is 0.774. The molecular weight excluding hydrogens is 184 g/mol. The lowest BCUT2D eigenvalue weighted by Gasteiger charge is -2.36. The Hall–Kier alpha value is -0.0800. The lowest BCUT2D eigenvalue weighted by Crippen LogP contribution is -2.43. The van der Waals surface area contributed by atoms with Crippen LogP contribution < -0.4 is 5.73 Å². The van der Waals surface area contributed by atoms with Crippen LogP contribution >= 0.6 is 0 Å². The highest BCUT2D eigenvalue weighted by molar-refractivity contribution is 4.85. The molecule has 0 amide bonds. The van der Waals surface area contributed by atoms with Crippen LogP contribution in [-0.4, -0.2) is 30.6 Å². The minimum absolute atomic E-state index is 0.777. The molecule has 3 unspecified atom stereocenters. The maximum atomic E-state index is 5.79. The summed E-state index contributed by atoms with van der Waals surface area (Å²) in [6.07, 6.45) is 8.46. The van der Waals surface area contributed by atoms with E-state index in [-0.39, 0.29) is 0 Å². The standard InChI is InChI=1S/C13H26N2/c1-2-11-5-6-13(8-11)15-7-3-4-12(9-14)10-15/h11-13H,2-10,14H2,1H3. The molecule has 1 saturated heterocycles. The Balaban J connectivity index is 1.83. The predicted molar refractivity (Wildman–Crippen MR) is 64.8 cm³/mol. The first-order valence-electron chi connectivity index (χ1n) is 6.77. The SMILES string of the molecule is CCC1CCC(N2CCCC(CN)C2)C1. The third kappa shape index (κ3) is 2.73. The molecule has 0 spiro atoms. The van der Waals surface area contributed by atoms with Gasteiger partial charge in [-0.15, -0.1) is 0 Å². The molecule has 15 heavy (non-hydrogen) atoms. The number of piperidine rings is 1. The Bertz CT molecular complexity index is 193. The molecule has 0 radical (unpaired) electrons. The fourth-order valence-corrected chi connectivity index (χ4v) is 3.37. The molecule has 1 aliphatic carbocycles. The largest absolute Gasteiger partial charge is 0.330 e. The summed E-state index contributed by atoms with van der Waals surface area (Å²) in [5.41, 5.74) is 5.79. The van der Waals surface area contributed by atoms with Gasteiger partial charge in [-0.1, -0.05) is 13.3 Å². The molecule has 2 aliphatic rings. The number of likely N-dealkylation sites (tertiary alicyclic amines) is 1. The average Bonchev–Trinajstić information content (AvgIpc) is 2.78. The van der Waals surface area contributed by atoms with Crippen molar-refractivity contribution in [2.45, 2.75) is 51.5 Å². The van der Waals surface area contributed by atoms with Gasteiger partial charge in [0.25, 0.3) is 0 Å². The van der Waals surface area contributed by atoms with Crippen molar-refractivity contribution in [1.29, 1.82) is 0 Å². The normalized spacial score (nSPS) is 38.4. The molecule has 2 rings (SSSR count). The van der Waals surface area contributed by atoms with Gasteiger partial charge in [-0.2, -0.15) is 0 Å². The van der Waals surface area contributed by atoms with Gasteiger partial charge in [0.2, 0.25) is 0 Å². The van der Waals surface area contributed by atoms with E-state index in [1.807, 2.05) is 0 Å². The summed E-state index contributed by atoms with van der Waals surface area (Å²) < 4.78 is 0. The zero-order valence-corrected chi connectivity index (χ0v) is 10.1. The van der Waals surface area contributed by atoms with Crippen LogP contribution in [0.4, 0.5) is 0 Å². The van der Waals surface area contributed by atoms with Crippen molar-refractivity contribution in [3.05, 3.63) is 0 Å². The maximum Gasteiger partial charge on any atom is 0.00981 e. The molecule has 1 aliphatic heterocycles. The second kappa shape index (κ2) is 5.31. The Morgan fingerprint density at radius 2 is 2.07 bits per heavy atom. The first kappa shape index (κ1) is 11.4. The monoisotopic (exact) mass is 210 g/mol. The van der Waals surface area contributed by atoms with Crippen LogP contribution in [0.1, 0.15) is 45.4 Å². The summed E-state index contributed by atoms with van der Waals surface area (Å²) in [6.45, 7) is 5.83. The molecule has 2 N–H and O–H groups in total. The van der Waals surface area contributed by atoms with Crippen LogP contribution in [0.2, 0.25) is 0 Å². The molecule has 2 fully saturated rings. The summed E-state index contributed by atoms with van der Waals surface area (Å²) in [4.78, 5) is 2.73. The van der Waals surface area contributed by atoms with E-state index in [1.54, 1.807) is 0 Å². The van der Waals surface area contributed by atoms with Crippen LogP contribution in [0, 0.1) is 11.8 Å². The molecule has 88 valence electrons. The van der Waals surface area contributed by atoms with Crippen molar-refractivity contribution in [2.75, 3.05) is 19.6 Å². The van der Waals surface area contributed by atoms with Crippen molar-refractivity contribution >= 4 is 0 Å². The zero-order valence-electron chi connectivity index (χ0n) is 10.1. The first-order valence-corrected chi connectivity index (χ1v) is 6.77. The lowest BCUT2D eigenvalue weighted by atomic mass is 9.96.